The van der Waals surface area contributed by atoms with Crippen LogP contribution in [-0.2, 0) is 46.8 Å². The number of rotatable bonds is 12. The molecule has 1 saturated heterocycles. The van der Waals surface area contributed by atoms with Crippen LogP contribution in [0.5, 0.6) is 5.75 Å². The lowest BCUT2D eigenvalue weighted by Gasteiger charge is -2.25. The fraction of sp³-hybridized carbons (Fsp3) is 0.375. The van der Waals surface area contributed by atoms with Gasteiger partial charge in [0, 0.05) is 49.9 Å². The van der Waals surface area contributed by atoms with Crippen molar-refractivity contribution in [2.24, 2.45) is 13.0 Å². The van der Waals surface area contributed by atoms with E-state index >= 15 is 8.78 Å². The van der Waals surface area contributed by atoms with Crippen molar-refractivity contribution in [3.63, 3.8) is 0 Å². The Morgan fingerprint density at radius 3 is 2.54 bits per heavy atom. The molecule has 1 saturated carbocycles. The van der Waals surface area contributed by atoms with Crippen LogP contribution in [0.4, 0.5) is 32.2 Å². The molecule has 3 aromatic heterocycles. The van der Waals surface area contributed by atoms with Crippen LogP contribution in [0.2, 0.25) is 5.02 Å². The van der Waals surface area contributed by atoms with Crippen LogP contribution in [0.1, 0.15) is 66.0 Å². The maximum Gasteiger partial charge on any atom is 0.293 e. The third-order valence-corrected chi connectivity index (χ3v) is 12.0. The van der Waals surface area contributed by atoms with E-state index in [1.54, 1.807) is 13.1 Å². The highest BCUT2D eigenvalue weighted by Gasteiger charge is 2.67. The minimum Gasteiger partial charge on any atom is -0.593 e. The van der Waals surface area contributed by atoms with Crippen LogP contribution in [0.3, 0.4) is 0 Å². The fourth-order valence-electron chi connectivity index (χ4n) is 8.58. The molecule has 4 unspecified atom stereocenters. The highest BCUT2D eigenvalue weighted by Crippen LogP contribution is 2.68. The number of halogens is 7. The number of aryl methyl sites for hydroxylation is 1. The van der Waals surface area contributed by atoms with E-state index in [0.29, 0.717) is 42.6 Å². The molecule has 13 nitrogen and oxygen atoms in total. The minimum atomic E-state index is -3.52. The summed E-state index contributed by atoms with van der Waals surface area (Å²) in [6.45, 7) is 0.0348. The molecule has 21 heteroatoms. The number of hydrogen-bond acceptors (Lipinski definition) is 9. The quantitative estimate of drug-likeness (QED) is 0.0987. The second-order valence-electron chi connectivity index (χ2n) is 15.3. The van der Waals surface area contributed by atoms with E-state index in [4.69, 9.17) is 26.1 Å². The van der Waals surface area contributed by atoms with Crippen LogP contribution >= 0.6 is 11.6 Å². The number of ether oxygens (including phenoxy) is 2. The molecule has 2 fully saturated rings. The van der Waals surface area contributed by atoms with Crippen LogP contribution in [0.25, 0.3) is 27.5 Å². The Labute approximate surface area is 350 Å². The average molecular weight is 889 g/mol. The second-order valence-corrected chi connectivity index (χ2v) is 16.8. The van der Waals surface area contributed by atoms with Gasteiger partial charge in [0.25, 0.3) is 17.9 Å². The summed E-state index contributed by atoms with van der Waals surface area (Å²) in [5.74, 6) is -8.14. The highest BCUT2D eigenvalue weighted by atomic mass is 35.5. The molecule has 1 aliphatic heterocycles. The third kappa shape index (κ3) is 7.46. The summed E-state index contributed by atoms with van der Waals surface area (Å²) in [6.07, 6.45) is -1.17. The van der Waals surface area contributed by atoms with E-state index < -0.39 is 89.0 Å². The summed E-state index contributed by atoms with van der Waals surface area (Å²) in [4.78, 5) is 34.0. The Kier molecular flexibility index (Phi) is 10.5. The van der Waals surface area contributed by atoms with Crippen molar-refractivity contribution in [3.8, 4) is 11.4 Å². The van der Waals surface area contributed by atoms with E-state index in [0.717, 1.165) is 16.7 Å². The van der Waals surface area contributed by atoms with Crippen molar-refractivity contribution in [3.05, 3.63) is 104 Å². The second kappa shape index (κ2) is 15.5. The topological polar surface area (TPSA) is 153 Å². The van der Waals surface area contributed by atoms with Crippen LogP contribution in [-0.4, -0.2) is 65.1 Å². The summed E-state index contributed by atoms with van der Waals surface area (Å²) in [5.41, 5.74) is -2.05. The molecule has 9 rings (SSSR count). The van der Waals surface area contributed by atoms with Crippen molar-refractivity contribution in [1.82, 2.24) is 34.4 Å². The van der Waals surface area contributed by atoms with Crippen LogP contribution < -0.4 is 20.3 Å². The molecule has 0 bridgehead atoms. The van der Waals surface area contributed by atoms with Crippen molar-refractivity contribution >= 4 is 56.5 Å². The third-order valence-electron chi connectivity index (χ3n) is 11.2. The summed E-state index contributed by atoms with van der Waals surface area (Å²) in [6, 6.07) is 8.83. The average Bonchev–Trinajstić information content (AvgIpc) is 3.73. The molecular weight excluding hydrogens is 854 g/mol. The SMILES string of the molecule is Cn1nc(N[S+](C)[O-])c2c(Cl)ccc(-n3c(C(Cc4cc(F)cc(F)c4)NC(=O)Cn4nc(C(F)F)c5c4C(F)(F)C4CC54)nc4cc(OC5CCOCC5)ccc4c3=O)c21. The van der Waals surface area contributed by atoms with Gasteiger partial charge in [-0.15, -0.1) is 5.10 Å². The maximum atomic E-state index is 15.5. The van der Waals surface area contributed by atoms with Gasteiger partial charge >= 0.3 is 0 Å². The number of fused-ring (bicyclic) bond motifs is 5. The first-order valence-corrected chi connectivity index (χ1v) is 21.1. The van der Waals surface area contributed by atoms with Gasteiger partial charge in [-0.25, -0.2) is 22.5 Å². The molecule has 3 aliphatic rings. The first-order valence-electron chi connectivity index (χ1n) is 19.2. The maximum absolute atomic E-state index is 15.5. The zero-order chi connectivity index (χ0) is 43.1. The molecule has 1 amide bonds. The smallest absolute Gasteiger partial charge is 0.293 e. The van der Waals surface area contributed by atoms with Crippen LogP contribution in [0.15, 0.2) is 53.3 Å². The molecule has 2 aliphatic carbocycles. The van der Waals surface area contributed by atoms with E-state index in [9.17, 15) is 31.7 Å². The summed E-state index contributed by atoms with van der Waals surface area (Å²) < 4.78 is 119. The number of alkyl halides is 4. The summed E-state index contributed by atoms with van der Waals surface area (Å²) in [7, 11) is 1.55. The van der Waals surface area contributed by atoms with Gasteiger partial charge in [0.2, 0.25) is 11.7 Å². The standard InChI is InChI=1S/C40H35ClF6N8O5S/c1-53-34-29(6-5-26(41)32(34)37(51-53)52-61(2)58)55-38(49-27-15-22(3-4-23(27)39(55)57)60-21-7-9-59-10-8-21)28(13-18-11-19(42)14-20(43)12-18)48-30(56)17-54-35-31(33(50-54)36(44)45)24-16-25(24)40(35,46)47/h3-6,11-12,14-15,21,24-25,28,36H,7-10,13,16-17H2,1-2H3,(H,48,56)(H,51,52). The van der Waals surface area contributed by atoms with Gasteiger partial charge < -0.3 is 19.3 Å². The van der Waals surface area contributed by atoms with Crippen molar-refractivity contribution in [1.29, 1.82) is 0 Å². The highest BCUT2D eigenvalue weighted by molar-refractivity contribution is 7.92. The van der Waals surface area contributed by atoms with Gasteiger partial charge in [-0.05, 0) is 54.3 Å². The summed E-state index contributed by atoms with van der Waals surface area (Å²) in [5, 5.41) is 11.4. The zero-order valence-electron chi connectivity index (χ0n) is 32.2. The van der Waals surface area contributed by atoms with Gasteiger partial charge in [0.1, 0.15) is 53.5 Å². The number of amides is 1. The number of nitrogens with one attached hydrogen (secondary N) is 2. The number of aromatic nitrogens is 6. The number of benzene rings is 3. The fourth-order valence-corrected chi connectivity index (χ4v) is 9.24. The van der Waals surface area contributed by atoms with Gasteiger partial charge in [-0.3, -0.25) is 23.5 Å². The number of carbonyl (C=O) groups is 1. The molecular formula is C40H35ClF6N8O5S. The molecule has 4 heterocycles. The predicted octanol–water partition coefficient (Wildman–Crippen LogP) is 6.91. The molecule has 4 atom stereocenters. The number of carbonyl (C=O) groups excluding carboxylic acids is 1. The van der Waals surface area contributed by atoms with Crippen molar-refractivity contribution in [2.45, 2.75) is 62.6 Å². The van der Waals surface area contributed by atoms with E-state index in [2.05, 4.69) is 20.2 Å². The minimum absolute atomic E-state index is 0.00517. The Bertz CT molecular complexity index is 2770. The van der Waals surface area contributed by atoms with Crippen molar-refractivity contribution < 1.29 is 45.2 Å². The Morgan fingerprint density at radius 2 is 1.84 bits per heavy atom. The van der Waals surface area contributed by atoms with E-state index in [-0.39, 0.29) is 67.8 Å². The Hall–Kier alpha value is -5.31. The lowest BCUT2D eigenvalue weighted by Crippen LogP contribution is -2.38. The van der Waals surface area contributed by atoms with Crippen LogP contribution in [0, 0.1) is 17.6 Å². The molecule has 6 aromatic rings. The monoisotopic (exact) mass is 888 g/mol. The Morgan fingerprint density at radius 1 is 1.10 bits per heavy atom. The number of anilines is 1. The van der Waals surface area contributed by atoms with Gasteiger partial charge in [-0.2, -0.15) is 18.6 Å². The van der Waals surface area contributed by atoms with Gasteiger partial charge in [0.05, 0.1) is 63.1 Å². The van der Waals surface area contributed by atoms with Crippen molar-refractivity contribution in [2.75, 3.05) is 24.2 Å². The lowest BCUT2D eigenvalue weighted by atomic mass is 10.0. The van der Waals surface area contributed by atoms with E-state index in [1.807, 2.05) is 0 Å². The van der Waals surface area contributed by atoms with Gasteiger partial charge in [-0.1, -0.05) is 11.6 Å². The normalized spacial score (nSPS) is 19.3. The molecule has 320 valence electrons. The van der Waals surface area contributed by atoms with E-state index in [1.165, 1.54) is 35.2 Å². The molecule has 0 spiro atoms. The molecule has 61 heavy (non-hydrogen) atoms. The largest absolute Gasteiger partial charge is 0.593 e. The Balaban J connectivity index is 1.22. The predicted molar refractivity (Wildman–Crippen MR) is 212 cm³/mol. The number of nitrogens with zero attached hydrogens (tertiary/aromatic N) is 6. The first kappa shape index (κ1) is 41.1. The summed E-state index contributed by atoms with van der Waals surface area (Å²) >= 11 is 5.07. The molecule has 0 radical (unpaired) electrons. The zero-order valence-corrected chi connectivity index (χ0v) is 33.8. The first-order chi connectivity index (χ1) is 29.1. The lowest BCUT2D eigenvalue weighted by molar-refractivity contribution is -0.123. The molecule has 3 aromatic carbocycles. The molecule has 2 N–H and O–H groups in total. The van der Waals surface area contributed by atoms with Gasteiger partial charge in [0.15, 0.2) is 0 Å². The number of hydrogen-bond donors (Lipinski definition) is 2.